The van der Waals surface area contributed by atoms with Gasteiger partial charge in [0, 0.05) is 0 Å². The van der Waals surface area contributed by atoms with Crippen LogP contribution in [0.1, 0.15) is 35.4 Å². The van der Waals surface area contributed by atoms with Crippen LogP contribution in [0.4, 0.5) is 0 Å². The van der Waals surface area contributed by atoms with Crippen LogP contribution in [0.3, 0.4) is 0 Å². The van der Waals surface area contributed by atoms with E-state index in [4.69, 9.17) is 27.9 Å². The van der Waals surface area contributed by atoms with E-state index < -0.39 is 11.6 Å². The van der Waals surface area contributed by atoms with Gasteiger partial charge in [-0.05, 0) is 68.5 Å². The Balaban J connectivity index is 1.54. The molecule has 0 amide bonds. The standard InChI is InChI=1S/C18H19Cl2NO3S2/c19-14-3-1-12(25-14)18(23,13-2-4-15(20)26-13)16(22)24-11-9-17(10-11)5-7-21-8-6-17/h1-4,11,21,23H,5-10H2. The number of hydrogen-bond donors (Lipinski definition) is 2. The molecule has 4 rings (SSSR count). The summed E-state index contributed by atoms with van der Waals surface area (Å²) in [5.41, 5.74) is -1.57. The number of esters is 1. The highest BCUT2D eigenvalue weighted by Gasteiger charge is 2.50. The summed E-state index contributed by atoms with van der Waals surface area (Å²) in [5, 5.41) is 14.7. The van der Waals surface area contributed by atoms with Crippen LogP contribution >= 0.6 is 45.9 Å². The predicted molar refractivity (Wildman–Crippen MR) is 105 cm³/mol. The molecule has 2 fully saturated rings. The molecule has 3 heterocycles. The lowest BCUT2D eigenvalue weighted by atomic mass is 9.61. The molecule has 0 unspecified atom stereocenters. The number of hydrogen-bond acceptors (Lipinski definition) is 6. The summed E-state index contributed by atoms with van der Waals surface area (Å²) < 4.78 is 6.74. The van der Waals surface area contributed by atoms with E-state index in [2.05, 4.69) is 5.32 Å². The number of nitrogens with one attached hydrogen (secondary N) is 1. The number of ether oxygens (including phenoxy) is 1. The van der Waals surface area contributed by atoms with E-state index in [1.54, 1.807) is 24.3 Å². The van der Waals surface area contributed by atoms with Crippen LogP contribution in [-0.4, -0.2) is 30.3 Å². The molecular formula is C18H19Cl2NO3S2. The fourth-order valence-corrected chi connectivity index (χ4v) is 6.27. The van der Waals surface area contributed by atoms with E-state index in [0.717, 1.165) is 38.8 Å². The first-order valence-electron chi connectivity index (χ1n) is 8.57. The van der Waals surface area contributed by atoms with Crippen molar-refractivity contribution in [3.8, 4) is 0 Å². The van der Waals surface area contributed by atoms with Gasteiger partial charge in [-0.25, -0.2) is 4.79 Å². The molecule has 140 valence electrons. The first-order chi connectivity index (χ1) is 12.4. The molecule has 26 heavy (non-hydrogen) atoms. The zero-order chi connectivity index (χ0) is 18.4. The smallest absolute Gasteiger partial charge is 0.349 e. The Morgan fingerprint density at radius 2 is 1.65 bits per heavy atom. The lowest BCUT2D eigenvalue weighted by molar-refractivity contribution is -0.180. The molecule has 1 saturated carbocycles. The number of thiophene rings is 2. The van der Waals surface area contributed by atoms with Crippen LogP contribution in [0.2, 0.25) is 8.67 Å². The Hall–Kier alpha value is -0.630. The average molecular weight is 432 g/mol. The van der Waals surface area contributed by atoms with Crippen molar-refractivity contribution < 1.29 is 14.6 Å². The van der Waals surface area contributed by atoms with Crippen molar-refractivity contribution in [2.24, 2.45) is 5.41 Å². The number of carbonyl (C=O) groups is 1. The predicted octanol–water partition coefficient (Wildman–Crippen LogP) is 4.43. The molecule has 0 radical (unpaired) electrons. The molecule has 0 aromatic carbocycles. The Bertz CT molecular complexity index is 765. The van der Waals surface area contributed by atoms with Crippen LogP contribution in [0.15, 0.2) is 24.3 Å². The van der Waals surface area contributed by atoms with Crippen molar-refractivity contribution in [1.82, 2.24) is 5.32 Å². The van der Waals surface area contributed by atoms with Crippen LogP contribution < -0.4 is 5.32 Å². The van der Waals surface area contributed by atoms with Crippen molar-refractivity contribution in [3.63, 3.8) is 0 Å². The number of rotatable bonds is 4. The molecule has 1 aliphatic heterocycles. The highest BCUT2D eigenvalue weighted by Crippen LogP contribution is 2.50. The summed E-state index contributed by atoms with van der Waals surface area (Å²) in [4.78, 5) is 13.9. The second-order valence-corrected chi connectivity index (χ2v) is 10.5. The van der Waals surface area contributed by atoms with Gasteiger partial charge in [-0.2, -0.15) is 0 Å². The molecule has 1 spiro atoms. The van der Waals surface area contributed by atoms with Crippen LogP contribution in [-0.2, 0) is 15.1 Å². The monoisotopic (exact) mass is 431 g/mol. The third kappa shape index (κ3) is 3.32. The Morgan fingerprint density at radius 3 is 2.12 bits per heavy atom. The molecule has 8 heteroatoms. The van der Waals surface area contributed by atoms with Gasteiger partial charge in [-0.3, -0.25) is 0 Å². The second-order valence-electron chi connectivity index (χ2n) is 7.10. The third-order valence-corrected chi connectivity index (χ3v) is 8.09. The van der Waals surface area contributed by atoms with Crippen LogP contribution in [0.25, 0.3) is 0 Å². The van der Waals surface area contributed by atoms with E-state index >= 15 is 0 Å². The number of aliphatic hydroxyl groups is 1. The van der Waals surface area contributed by atoms with E-state index in [-0.39, 0.29) is 6.10 Å². The molecular weight excluding hydrogens is 413 g/mol. The highest BCUT2D eigenvalue weighted by molar-refractivity contribution is 7.18. The van der Waals surface area contributed by atoms with E-state index in [1.807, 2.05) is 0 Å². The molecule has 0 bridgehead atoms. The van der Waals surface area contributed by atoms with E-state index in [9.17, 15) is 9.90 Å². The average Bonchev–Trinajstić information content (AvgIpc) is 3.22. The summed E-state index contributed by atoms with van der Waals surface area (Å²) in [5.74, 6) is -0.650. The molecule has 2 N–H and O–H groups in total. The van der Waals surface area contributed by atoms with Gasteiger partial charge >= 0.3 is 5.97 Å². The Morgan fingerprint density at radius 1 is 1.12 bits per heavy atom. The molecule has 1 saturated heterocycles. The van der Waals surface area contributed by atoms with E-state index in [0.29, 0.717) is 23.8 Å². The van der Waals surface area contributed by atoms with Gasteiger partial charge in [0.05, 0.1) is 18.4 Å². The number of halogens is 2. The van der Waals surface area contributed by atoms with Gasteiger partial charge in [0.15, 0.2) is 0 Å². The van der Waals surface area contributed by atoms with Crippen LogP contribution in [0.5, 0.6) is 0 Å². The second kappa shape index (κ2) is 7.08. The molecule has 0 atom stereocenters. The summed E-state index contributed by atoms with van der Waals surface area (Å²) in [6.45, 7) is 2.04. The normalized spacial score (nSPS) is 20.1. The molecule has 2 aromatic rings. The third-order valence-electron chi connectivity index (χ3n) is 5.41. The lowest BCUT2D eigenvalue weighted by Gasteiger charge is -2.49. The molecule has 4 nitrogen and oxygen atoms in total. The maximum Gasteiger partial charge on any atom is 0.349 e. The minimum Gasteiger partial charge on any atom is -0.460 e. The van der Waals surface area contributed by atoms with E-state index in [1.165, 1.54) is 22.7 Å². The maximum absolute atomic E-state index is 13.0. The molecule has 1 aliphatic carbocycles. The summed E-state index contributed by atoms with van der Waals surface area (Å²) >= 11 is 14.4. The van der Waals surface area contributed by atoms with Crippen LogP contribution in [0, 0.1) is 5.41 Å². The first-order valence-corrected chi connectivity index (χ1v) is 11.0. The zero-order valence-electron chi connectivity index (χ0n) is 14.0. The maximum atomic E-state index is 13.0. The van der Waals surface area contributed by atoms with Gasteiger partial charge in [-0.15, -0.1) is 22.7 Å². The molecule has 2 aliphatic rings. The fraction of sp³-hybridized carbons (Fsp3) is 0.500. The molecule has 2 aromatic heterocycles. The van der Waals surface area contributed by atoms with Crippen molar-refractivity contribution in [1.29, 1.82) is 0 Å². The number of piperidine rings is 1. The largest absolute Gasteiger partial charge is 0.460 e. The summed E-state index contributed by atoms with van der Waals surface area (Å²) in [7, 11) is 0. The van der Waals surface area contributed by atoms with Gasteiger partial charge in [-0.1, -0.05) is 23.2 Å². The van der Waals surface area contributed by atoms with Gasteiger partial charge < -0.3 is 15.2 Å². The van der Waals surface area contributed by atoms with Gasteiger partial charge in [0.2, 0.25) is 5.60 Å². The lowest BCUT2D eigenvalue weighted by Crippen LogP contribution is -2.51. The summed E-state index contributed by atoms with van der Waals surface area (Å²) in [6.07, 6.45) is 3.83. The fourth-order valence-electron chi connectivity index (χ4n) is 3.93. The Labute approximate surface area is 170 Å². The van der Waals surface area contributed by atoms with Gasteiger partial charge in [0.1, 0.15) is 6.10 Å². The Kier molecular flexibility index (Phi) is 5.09. The van der Waals surface area contributed by atoms with Crippen molar-refractivity contribution in [3.05, 3.63) is 42.7 Å². The van der Waals surface area contributed by atoms with Crippen molar-refractivity contribution in [2.75, 3.05) is 13.1 Å². The SMILES string of the molecule is O=C(OC1CC2(CCNCC2)C1)C(O)(c1ccc(Cl)s1)c1ccc(Cl)s1. The topological polar surface area (TPSA) is 58.6 Å². The first kappa shape index (κ1) is 18.7. The summed E-state index contributed by atoms with van der Waals surface area (Å²) in [6, 6.07) is 6.67. The highest BCUT2D eigenvalue weighted by atomic mass is 35.5. The minimum atomic E-state index is -1.87. The minimum absolute atomic E-state index is 0.141. The van der Waals surface area contributed by atoms with Crippen molar-refractivity contribution in [2.45, 2.75) is 37.4 Å². The van der Waals surface area contributed by atoms with Crippen molar-refractivity contribution >= 4 is 51.8 Å². The number of carbonyl (C=O) groups excluding carboxylic acids is 1. The zero-order valence-corrected chi connectivity index (χ0v) is 17.1. The quantitative estimate of drug-likeness (QED) is 0.702. The van der Waals surface area contributed by atoms with Gasteiger partial charge in [0.25, 0.3) is 0 Å².